The summed E-state index contributed by atoms with van der Waals surface area (Å²) in [5.41, 5.74) is 0. The third kappa shape index (κ3) is 39.3. The molecule has 0 saturated heterocycles. The van der Waals surface area contributed by atoms with Crippen LogP contribution in [0.25, 0.3) is 0 Å². The van der Waals surface area contributed by atoms with Gasteiger partial charge in [-0.3, -0.25) is 4.79 Å². The van der Waals surface area contributed by atoms with E-state index in [1.165, 1.54) is 205 Å². The first-order chi connectivity index (χ1) is 26.6. The second kappa shape index (κ2) is 44.8. The number of carbonyl (C=O) groups excluding carboxylic acids is 1. The van der Waals surface area contributed by atoms with E-state index in [2.05, 4.69) is 31.3 Å². The molecule has 4 N–H and O–H groups in total. The molecule has 0 aromatic rings. The lowest BCUT2D eigenvalue weighted by molar-refractivity contribution is -0.124. The minimum Gasteiger partial charge on any atom is -0.394 e. The number of allylic oxidation sites excluding steroid dienone is 2. The van der Waals surface area contributed by atoms with E-state index in [1.54, 1.807) is 0 Å². The highest BCUT2D eigenvalue weighted by molar-refractivity contribution is 5.76. The van der Waals surface area contributed by atoms with Crippen molar-refractivity contribution in [1.82, 2.24) is 5.32 Å². The molecule has 0 rings (SSSR count). The lowest BCUT2D eigenvalue weighted by Crippen LogP contribution is -2.50. The molecular weight excluding hydrogens is 667 g/mol. The monoisotopic (exact) mass is 764 g/mol. The Morgan fingerprint density at radius 1 is 0.444 bits per heavy atom. The van der Waals surface area contributed by atoms with Gasteiger partial charge >= 0.3 is 0 Å². The highest BCUT2D eigenvalue weighted by Gasteiger charge is 2.26. The molecule has 3 unspecified atom stereocenters. The van der Waals surface area contributed by atoms with E-state index in [0.717, 1.165) is 38.5 Å². The minimum atomic E-state index is -1.15. The number of carbonyl (C=O) groups is 1. The molecule has 0 aliphatic carbocycles. The molecule has 0 radical (unpaired) electrons. The highest BCUT2D eigenvalue weighted by atomic mass is 16.3. The number of aliphatic hydroxyl groups is 3. The fourth-order valence-corrected chi connectivity index (χ4v) is 7.81. The van der Waals surface area contributed by atoms with Crippen LogP contribution in [0.2, 0.25) is 0 Å². The first-order valence-electron chi connectivity index (χ1n) is 24.5. The van der Waals surface area contributed by atoms with Gasteiger partial charge in [0.25, 0.3) is 0 Å². The van der Waals surface area contributed by atoms with E-state index < -0.39 is 18.2 Å². The molecule has 0 spiro atoms. The second-order valence-corrected chi connectivity index (χ2v) is 17.0. The summed E-state index contributed by atoms with van der Waals surface area (Å²) in [4.78, 5) is 12.4. The molecule has 54 heavy (non-hydrogen) atoms. The summed E-state index contributed by atoms with van der Waals surface area (Å²) in [5.74, 6) is -0.149. The van der Waals surface area contributed by atoms with E-state index in [0.29, 0.717) is 12.8 Å². The molecular formula is C49H97NO4. The predicted octanol–water partition coefficient (Wildman–Crippen LogP) is 14.4. The fraction of sp³-hybridized carbons (Fsp3) is 0.939. The van der Waals surface area contributed by atoms with Crippen molar-refractivity contribution in [3.05, 3.63) is 12.2 Å². The number of rotatable bonds is 45. The number of nitrogens with one attached hydrogen (secondary N) is 1. The van der Waals surface area contributed by atoms with Crippen LogP contribution in [-0.4, -0.2) is 46.1 Å². The normalized spacial score (nSPS) is 13.5. The van der Waals surface area contributed by atoms with Crippen molar-refractivity contribution in [3.63, 3.8) is 0 Å². The summed E-state index contributed by atoms with van der Waals surface area (Å²) >= 11 is 0. The van der Waals surface area contributed by atoms with Crippen molar-refractivity contribution < 1.29 is 20.1 Å². The standard InChI is InChI=1S/C49H97NO4/c1-3-5-7-9-11-13-15-17-19-20-21-22-23-24-25-26-27-28-29-30-32-34-36-38-40-42-44-48(53)50-46(45-51)49(54)47(52)43-41-39-37-35-33-31-18-16-14-12-10-8-6-4-2/h35,37,46-47,49,51-52,54H,3-34,36,38-45H2,1-2H3,(H,50,53)/b37-35+. The van der Waals surface area contributed by atoms with Gasteiger partial charge in [-0.1, -0.05) is 238 Å². The second-order valence-electron chi connectivity index (χ2n) is 17.0. The summed E-state index contributed by atoms with van der Waals surface area (Å²) < 4.78 is 0. The van der Waals surface area contributed by atoms with Crippen LogP contribution < -0.4 is 5.32 Å². The van der Waals surface area contributed by atoms with Crippen LogP contribution in [0.3, 0.4) is 0 Å². The van der Waals surface area contributed by atoms with Gasteiger partial charge in [-0.25, -0.2) is 0 Å². The summed E-state index contributed by atoms with van der Waals surface area (Å²) in [7, 11) is 0. The maximum atomic E-state index is 12.4. The zero-order valence-corrected chi connectivity index (χ0v) is 36.6. The van der Waals surface area contributed by atoms with E-state index in [1.807, 2.05) is 0 Å². The van der Waals surface area contributed by atoms with Crippen LogP contribution in [0.15, 0.2) is 12.2 Å². The molecule has 0 aromatic carbocycles. The van der Waals surface area contributed by atoms with Crippen LogP contribution in [0.1, 0.15) is 271 Å². The van der Waals surface area contributed by atoms with Crippen molar-refractivity contribution in [2.45, 2.75) is 289 Å². The molecule has 322 valence electrons. The molecule has 3 atom stereocenters. The molecule has 1 amide bonds. The van der Waals surface area contributed by atoms with Crippen LogP contribution in [0.5, 0.6) is 0 Å². The van der Waals surface area contributed by atoms with E-state index >= 15 is 0 Å². The summed E-state index contributed by atoms with van der Waals surface area (Å²) in [6.45, 7) is 4.18. The van der Waals surface area contributed by atoms with Gasteiger partial charge in [0.2, 0.25) is 5.91 Å². The summed E-state index contributed by atoms with van der Waals surface area (Å²) in [6, 6.07) is -0.821. The Balaban J connectivity index is 3.53. The van der Waals surface area contributed by atoms with Crippen LogP contribution in [-0.2, 0) is 4.79 Å². The minimum absolute atomic E-state index is 0.149. The Labute approximate surface area is 338 Å². The molecule has 0 saturated carbocycles. The Morgan fingerprint density at radius 2 is 0.741 bits per heavy atom. The molecule has 0 aliphatic rings. The maximum absolute atomic E-state index is 12.4. The van der Waals surface area contributed by atoms with Crippen LogP contribution >= 0.6 is 0 Å². The van der Waals surface area contributed by atoms with Gasteiger partial charge < -0.3 is 20.6 Å². The van der Waals surface area contributed by atoms with Crippen molar-refractivity contribution >= 4 is 5.91 Å². The molecule has 0 aliphatic heterocycles. The molecule has 0 aromatic heterocycles. The zero-order chi connectivity index (χ0) is 39.4. The molecule has 0 fully saturated rings. The van der Waals surface area contributed by atoms with Gasteiger partial charge in [0, 0.05) is 6.42 Å². The number of hydrogen-bond donors (Lipinski definition) is 4. The smallest absolute Gasteiger partial charge is 0.220 e. The lowest BCUT2D eigenvalue weighted by atomic mass is 10.0. The average molecular weight is 764 g/mol. The van der Waals surface area contributed by atoms with Gasteiger partial charge in [0.15, 0.2) is 0 Å². The fourth-order valence-electron chi connectivity index (χ4n) is 7.81. The van der Waals surface area contributed by atoms with Crippen LogP contribution in [0.4, 0.5) is 0 Å². The van der Waals surface area contributed by atoms with Gasteiger partial charge in [-0.15, -0.1) is 0 Å². The highest BCUT2D eigenvalue weighted by Crippen LogP contribution is 2.17. The van der Waals surface area contributed by atoms with Crippen molar-refractivity contribution in [3.8, 4) is 0 Å². The van der Waals surface area contributed by atoms with E-state index in [9.17, 15) is 20.1 Å². The largest absolute Gasteiger partial charge is 0.394 e. The molecule has 0 heterocycles. The number of amides is 1. The third-order valence-electron chi connectivity index (χ3n) is 11.6. The summed E-state index contributed by atoms with van der Waals surface area (Å²) in [5, 5.41) is 33.5. The SMILES string of the molecule is CCCCCCCCCCC/C=C/CCCC(O)C(O)C(CO)NC(=O)CCCCCCCCCCCCCCCCCCCCCCCCCCCC. The van der Waals surface area contributed by atoms with E-state index in [4.69, 9.17) is 0 Å². The van der Waals surface area contributed by atoms with Crippen molar-refractivity contribution in [2.75, 3.05) is 6.61 Å². The van der Waals surface area contributed by atoms with Gasteiger partial charge in [0.1, 0.15) is 6.10 Å². The number of aliphatic hydroxyl groups excluding tert-OH is 3. The van der Waals surface area contributed by atoms with Crippen molar-refractivity contribution in [1.29, 1.82) is 0 Å². The Bertz CT molecular complexity index is 758. The summed E-state index contributed by atoms with van der Waals surface area (Å²) in [6.07, 6.45) is 53.5. The van der Waals surface area contributed by atoms with Crippen LogP contribution in [0, 0.1) is 0 Å². The third-order valence-corrected chi connectivity index (χ3v) is 11.6. The van der Waals surface area contributed by atoms with E-state index in [-0.39, 0.29) is 12.5 Å². The topological polar surface area (TPSA) is 89.8 Å². The average Bonchev–Trinajstić information content (AvgIpc) is 3.18. The molecule has 5 heteroatoms. The van der Waals surface area contributed by atoms with Gasteiger partial charge in [0.05, 0.1) is 18.8 Å². The van der Waals surface area contributed by atoms with Gasteiger partial charge in [-0.05, 0) is 38.5 Å². The quantitative estimate of drug-likeness (QED) is 0.0367. The first-order valence-corrected chi connectivity index (χ1v) is 24.5. The Kier molecular flexibility index (Phi) is 44.0. The van der Waals surface area contributed by atoms with Crippen molar-refractivity contribution in [2.24, 2.45) is 0 Å². The Hall–Kier alpha value is -0.910. The zero-order valence-electron chi connectivity index (χ0n) is 36.6. The molecule has 0 bridgehead atoms. The number of unbranched alkanes of at least 4 members (excludes halogenated alkanes) is 35. The lowest BCUT2D eigenvalue weighted by Gasteiger charge is -2.26. The first kappa shape index (κ1) is 53.1. The maximum Gasteiger partial charge on any atom is 0.220 e. The predicted molar refractivity (Wildman–Crippen MR) is 236 cm³/mol. The number of hydrogen-bond acceptors (Lipinski definition) is 4. The van der Waals surface area contributed by atoms with Gasteiger partial charge in [-0.2, -0.15) is 0 Å². The molecule has 5 nitrogen and oxygen atoms in total. The Morgan fingerprint density at radius 3 is 1.07 bits per heavy atom.